The van der Waals surface area contributed by atoms with Crippen LogP contribution in [0.5, 0.6) is 0 Å². The number of ether oxygens (including phenoxy) is 1. The van der Waals surface area contributed by atoms with Gasteiger partial charge in [-0.3, -0.25) is 0 Å². The molecule has 0 saturated heterocycles. The lowest BCUT2D eigenvalue weighted by Gasteiger charge is -2.36. The van der Waals surface area contributed by atoms with Crippen molar-refractivity contribution in [2.45, 2.75) is 59.1 Å². The highest BCUT2D eigenvalue weighted by atomic mass is 16.5. The Bertz CT molecular complexity index is 448. The average Bonchev–Trinajstić information content (AvgIpc) is 2.85. The summed E-state index contributed by atoms with van der Waals surface area (Å²) in [5.74, 6) is 1.46. The summed E-state index contributed by atoms with van der Waals surface area (Å²) in [6.45, 7) is 9.06. The highest BCUT2D eigenvalue weighted by molar-refractivity contribution is 5.79. The second-order valence-corrected chi connectivity index (χ2v) is 7.07. The lowest BCUT2D eigenvalue weighted by molar-refractivity contribution is 0.112. The van der Waals surface area contributed by atoms with Gasteiger partial charge in [-0.25, -0.2) is 4.99 Å². The maximum absolute atomic E-state index is 8.89. The molecule has 0 N–H and O–H groups in total. The van der Waals surface area contributed by atoms with Crippen LogP contribution >= 0.6 is 0 Å². The first-order valence-corrected chi connectivity index (χ1v) is 7.03. The van der Waals surface area contributed by atoms with Crippen molar-refractivity contribution in [2.75, 3.05) is 0 Å². The van der Waals surface area contributed by atoms with Gasteiger partial charge in [0.25, 0.3) is 0 Å². The minimum Gasteiger partial charge on any atom is -0.475 e. The van der Waals surface area contributed by atoms with Gasteiger partial charge in [0.15, 0.2) is 5.90 Å². The van der Waals surface area contributed by atoms with Crippen LogP contribution in [0.3, 0.4) is 0 Å². The second-order valence-electron chi connectivity index (χ2n) is 7.07. The van der Waals surface area contributed by atoms with Crippen LogP contribution in [-0.4, -0.2) is 18.0 Å². The maximum atomic E-state index is 8.89. The van der Waals surface area contributed by atoms with Gasteiger partial charge >= 0.3 is 0 Å². The number of hydrogen-bond donors (Lipinski definition) is 0. The summed E-state index contributed by atoms with van der Waals surface area (Å²) < 4.78 is 6.09. The van der Waals surface area contributed by atoms with E-state index in [1.165, 1.54) is 12.8 Å². The summed E-state index contributed by atoms with van der Waals surface area (Å²) in [7, 11) is 0. The molecule has 2 saturated carbocycles. The van der Waals surface area contributed by atoms with E-state index in [0.717, 1.165) is 5.90 Å². The summed E-state index contributed by atoms with van der Waals surface area (Å²) in [6, 6.07) is 2.59. The number of fused-ring (bicyclic) bond motifs is 5. The normalized spacial score (nSPS) is 45.1. The Kier molecular flexibility index (Phi) is 2.33. The molecule has 3 nitrogen and oxygen atoms in total. The molecule has 0 amide bonds. The molecule has 2 fully saturated rings. The van der Waals surface area contributed by atoms with Crippen molar-refractivity contribution in [1.82, 2.24) is 0 Å². The van der Waals surface area contributed by atoms with E-state index in [1.807, 2.05) is 6.92 Å². The molecule has 1 aliphatic heterocycles. The first-order chi connectivity index (χ1) is 8.40. The fourth-order valence-corrected chi connectivity index (χ4v) is 4.36. The van der Waals surface area contributed by atoms with Crippen LogP contribution in [0, 0.1) is 34.0 Å². The van der Waals surface area contributed by atoms with Gasteiger partial charge in [0.05, 0.1) is 18.0 Å². The van der Waals surface area contributed by atoms with E-state index in [4.69, 9.17) is 15.0 Å². The summed E-state index contributed by atoms with van der Waals surface area (Å²) >= 11 is 0. The molecule has 3 heteroatoms. The predicted octanol–water partition coefficient (Wildman–Crippen LogP) is 3.16. The molecule has 0 aromatic carbocycles. The highest BCUT2D eigenvalue weighted by Crippen LogP contribution is 2.68. The zero-order chi connectivity index (χ0) is 13.1. The summed E-state index contributed by atoms with van der Waals surface area (Å²) in [4.78, 5) is 4.83. The van der Waals surface area contributed by atoms with Crippen LogP contribution in [0.2, 0.25) is 0 Å². The van der Waals surface area contributed by atoms with E-state index >= 15 is 0 Å². The first kappa shape index (κ1) is 12.0. The molecule has 18 heavy (non-hydrogen) atoms. The van der Waals surface area contributed by atoms with Crippen molar-refractivity contribution in [3.63, 3.8) is 0 Å². The Labute approximate surface area is 109 Å². The third-order valence-electron chi connectivity index (χ3n) is 5.99. The SMILES string of the molecule is C[C@@H](C#N)CC1=N[C@@H]2[C@H](O1)[C@H]1CC[C@]2(C)C1(C)C. The van der Waals surface area contributed by atoms with Gasteiger partial charge < -0.3 is 4.74 Å². The average molecular weight is 246 g/mol. The van der Waals surface area contributed by atoms with E-state index in [9.17, 15) is 0 Å². The molecule has 98 valence electrons. The van der Waals surface area contributed by atoms with E-state index in [0.29, 0.717) is 23.8 Å². The van der Waals surface area contributed by atoms with Crippen molar-refractivity contribution >= 4 is 5.90 Å². The summed E-state index contributed by atoms with van der Waals surface area (Å²) in [6.07, 6.45) is 3.48. The monoisotopic (exact) mass is 246 g/mol. The molecular formula is C15H22N2O. The zero-order valence-electron chi connectivity index (χ0n) is 11.7. The van der Waals surface area contributed by atoms with Gasteiger partial charge in [-0.15, -0.1) is 0 Å². The van der Waals surface area contributed by atoms with Crippen molar-refractivity contribution in [3.8, 4) is 6.07 Å². The minimum atomic E-state index is 0.000968. The third-order valence-corrected chi connectivity index (χ3v) is 5.99. The highest BCUT2D eigenvalue weighted by Gasteiger charge is 2.69. The van der Waals surface area contributed by atoms with Gasteiger partial charge in [-0.05, 0) is 30.6 Å². The summed E-state index contributed by atoms with van der Waals surface area (Å²) in [5.41, 5.74) is 0.609. The van der Waals surface area contributed by atoms with Crippen molar-refractivity contribution in [2.24, 2.45) is 27.7 Å². The Morgan fingerprint density at radius 2 is 2.22 bits per heavy atom. The molecule has 0 aromatic heterocycles. The van der Waals surface area contributed by atoms with E-state index < -0.39 is 0 Å². The van der Waals surface area contributed by atoms with Gasteiger partial charge in [-0.1, -0.05) is 20.8 Å². The smallest absolute Gasteiger partial charge is 0.185 e. The third kappa shape index (κ3) is 1.27. The Morgan fingerprint density at radius 3 is 2.83 bits per heavy atom. The second kappa shape index (κ2) is 3.50. The van der Waals surface area contributed by atoms with Gasteiger partial charge in [0.1, 0.15) is 6.10 Å². The van der Waals surface area contributed by atoms with E-state index in [1.54, 1.807) is 0 Å². The number of hydrogen-bond acceptors (Lipinski definition) is 3. The van der Waals surface area contributed by atoms with Crippen molar-refractivity contribution in [3.05, 3.63) is 0 Å². The van der Waals surface area contributed by atoms with Crippen molar-refractivity contribution in [1.29, 1.82) is 5.26 Å². The Hall–Kier alpha value is -1.04. The molecule has 3 aliphatic rings. The van der Waals surface area contributed by atoms with Crippen LogP contribution in [0.25, 0.3) is 0 Å². The molecule has 2 bridgehead atoms. The largest absolute Gasteiger partial charge is 0.475 e. The van der Waals surface area contributed by atoms with Crippen LogP contribution in [0.15, 0.2) is 4.99 Å². The molecule has 3 rings (SSSR count). The molecule has 1 heterocycles. The van der Waals surface area contributed by atoms with E-state index in [-0.39, 0.29) is 17.4 Å². The number of rotatable bonds is 2. The fraction of sp³-hybridized carbons (Fsp3) is 0.867. The topological polar surface area (TPSA) is 45.4 Å². The minimum absolute atomic E-state index is 0.000968. The quantitative estimate of drug-likeness (QED) is 0.751. The van der Waals surface area contributed by atoms with Crippen LogP contribution in [0.4, 0.5) is 0 Å². The summed E-state index contributed by atoms with van der Waals surface area (Å²) in [5, 5.41) is 8.89. The Morgan fingerprint density at radius 1 is 1.50 bits per heavy atom. The van der Waals surface area contributed by atoms with Crippen LogP contribution in [-0.2, 0) is 4.74 Å². The maximum Gasteiger partial charge on any atom is 0.185 e. The van der Waals surface area contributed by atoms with Gasteiger partial charge in [0.2, 0.25) is 0 Å². The van der Waals surface area contributed by atoms with Crippen LogP contribution in [0.1, 0.15) is 47.0 Å². The molecule has 2 aliphatic carbocycles. The number of nitriles is 1. The predicted molar refractivity (Wildman–Crippen MR) is 70.1 cm³/mol. The van der Waals surface area contributed by atoms with Crippen LogP contribution < -0.4 is 0 Å². The molecule has 0 aromatic rings. The molecule has 0 spiro atoms. The van der Waals surface area contributed by atoms with Gasteiger partial charge in [-0.2, -0.15) is 5.26 Å². The molecular weight excluding hydrogens is 224 g/mol. The first-order valence-electron chi connectivity index (χ1n) is 7.03. The number of nitrogens with zero attached hydrogens (tertiary/aromatic N) is 2. The number of aliphatic imine (C=N–C) groups is 1. The van der Waals surface area contributed by atoms with E-state index in [2.05, 4.69) is 26.8 Å². The molecule has 0 radical (unpaired) electrons. The Balaban J connectivity index is 1.86. The van der Waals surface area contributed by atoms with Crippen molar-refractivity contribution < 1.29 is 4.74 Å². The molecule has 5 atom stereocenters. The molecule has 0 unspecified atom stereocenters. The standard InChI is InChI=1S/C15H22N2O/c1-9(8-16)7-11-17-13-12(18-11)10-5-6-15(13,4)14(10,2)3/h9-10,12-13H,5-7H2,1-4H3/t9-,10-,12-,13-,15+/m1/s1. The zero-order valence-corrected chi connectivity index (χ0v) is 11.7. The lowest BCUT2D eigenvalue weighted by Crippen LogP contribution is -2.36. The fourth-order valence-electron chi connectivity index (χ4n) is 4.36. The lowest BCUT2D eigenvalue weighted by atomic mass is 9.69. The van der Waals surface area contributed by atoms with Gasteiger partial charge in [0, 0.05) is 12.3 Å².